The summed E-state index contributed by atoms with van der Waals surface area (Å²) in [6.45, 7) is 9.61. The van der Waals surface area contributed by atoms with Crippen molar-refractivity contribution in [3.8, 4) is 0 Å². The zero-order chi connectivity index (χ0) is 18.6. The Morgan fingerprint density at radius 1 is 1.20 bits per heavy atom. The predicted octanol–water partition coefficient (Wildman–Crippen LogP) is 3.64. The van der Waals surface area contributed by atoms with Gasteiger partial charge in [-0.15, -0.1) is 0 Å². The van der Waals surface area contributed by atoms with Gasteiger partial charge in [0.25, 0.3) is 0 Å². The second kappa shape index (κ2) is 8.08. The molecule has 1 saturated heterocycles. The molecule has 1 atom stereocenters. The molecule has 1 aliphatic rings. The normalized spacial score (nSPS) is 18.0. The molecule has 0 aromatic heterocycles. The average Bonchev–Trinajstić information content (AvgIpc) is 2.53. The van der Waals surface area contributed by atoms with Crippen molar-refractivity contribution in [2.45, 2.75) is 38.2 Å². The van der Waals surface area contributed by atoms with Crippen molar-refractivity contribution in [2.24, 2.45) is 0 Å². The summed E-state index contributed by atoms with van der Waals surface area (Å²) in [6, 6.07) is 7.32. The third-order valence-electron chi connectivity index (χ3n) is 3.69. The minimum atomic E-state index is -0.510. The number of amides is 1. The molecule has 0 N–H and O–H groups in total. The van der Waals surface area contributed by atoms with Gasteiger partial charge in [-0.05, 0) is 52.0 Å². The summed E-state index contributed by atoms with van der Waals surface area (Å²) in [5.41, 5.74) is 1.03. The number of carbonyl (C=O) groups excluding carboxylic acids is 2. The molecule has 0 spiro atoms. The SMILES string of the molecule is CCOC(=O)c1ccc(N2CCN(C(=O)OC(C)(C)C)C(Br)C2)cc1. The highest BCUT2D eigenvalue weighted by molar-refractivity contribution is 9.09. The van der Waals surface area contributed by atoms with Crippen molar-refractivity contribution in [3.05, 3.63) is 29.8 Å². The van der Waals surface area contributed by atoms with E-state index in [4.69, 9.17) is 9.47 Å². The number of esters is 1. The quantitative estimate of drug-likeness (QED) is 0.430. The van der Waals surface area contributed by atoms with Crippen LogP contribution in [0.5, 0.6) is 0 Å². The monoisotopic (exact) mass is 412 g/mol. The first-order chi connectivity index (χ1) is 11.7. The summed E-state index contributed by atoms with van der Waals surface area (Å²) in [5, 5.41) is 0. The summed E-state index contributed by atoms with van der Waals surface area (Å²) in [7, 11) is 0. The molecule has 0 saturated carbocycles. The second-order valence-electron chi connectivity index (χ2n) is 6.82. The van der Waals surface area contributed by atoms with Gasteiger partial charge in [0.1, 0.15) is 10.6 Å². The maximum Gasteiger partial charge on any atom is 0.411 e. The van der Waals surface area contributed by atoms with E-state index in [9.17, 15) is 9.59 Å². The fourth-order valence-corrected chi connectivity index (χ4v) is 3.25. The van der Waals surface area contributed by atoms with Crippen LogP contribution < -0.4 is 4.90 Å². The third-order valence-corrected chi connectivity index (χ3v) is 4.48. The van der Waals surface area contributed by atoms with Crippen molar-refractivity contribution in [2.75, 3.05) is 31.1 Å². The van der Waals surface area contributed by atoms with Crippen molar-refractivity contribution in [1.29, 1.82) is 0 Å². The summed E-state index contributed by atoms with van der Waals surface area (Å²) in [4.78, 5) is 27.7. The van der Waals surface area contributed by atoms with E-state index in [1.807, 2.05) is 32.9 Å². The molecule has 1 heterocycles. The number of halogens is 1. The van der Waals surface area contributed by atoms with Crippen molar-refractivity contribution in [1.82, 2.24) is 4.90 Å². The Balaban J connectivity index is 1.98. The van der Waals surface area contributed by atoms with Crippen LogP contribution in [0, 0.1) is 0 Å². The first kappa shape index (κ1) is 19.6. The average molecular weight is 413 g/mol. The Bertz CT molecular complexity index is 612. The number of piperazine rings is 1. The topological polar surface area (TPSA) is 59.1 Å². The standard InChI is InChI=1S/C18H25BrN2O4/c1-5-24-16(22)13-6-8-14(9-7-13)20-10-11-21(15(19)12-20)17(23)25-18(2,3)4/h6-9,15H,5,10-12H2,1-4H3. The van der Waals surface area contributed by atoms with E-state index in [-0.39, 0.29) is 17.0 Å². The zero-order valence-corrected chi connectivity index (χ0v) is 16.7. The molecule has 2 rings (SSSR count). The lowest BCUT2D eigenvalue weighted by Gasteiger charge is -2.40. The van der Waals surface area contributed by atoms with Crippen LogP contribution >= 0.6 is 15.9 Å². The molecule has 138 valence electrons. The van der Waals surface area contributed by atoms with Crippen LogP contribution in [-0.2, 0) is 9.47 Å². The molecule has 1 aliphatic heterocycles. The number of nitrogens with zero attached hydrogens (tertiary/aromatic N) is 2. The number of hydrogen-bond acceptors (Lipinski definition) is 5. The lowest BCUT2D eigenvalue weighted by molar-refractivity contribution is 0.0219. The van der Waals surface area contributed by atoms with Gasteiger partial charge in [0.05, 0.1) is 12.2 Å². The first-order valence-corrected chi connectivity index (χ1v) is 9.28. The van der Waals surface area contributed by atoms with E-state index in [0.29, 0.717) is 31.8 Å². The van der Waals surface area contributed by atoms with Crippen LogP contribution in [0.25, 0.3) is 0 Å². The molecule has 0 radical (unpaired) electrons. The molecule has 1 aromatic rings. The van der Waals surface area contributed by atoms with E-state index in [0.717, 1.165) is 5.69 Å². The van der Waals surface area contributed by atoms with Crippen molar-refractivity contribution >= 4 is 33.7 Å². The Morgan fingerprint density at radius 3 is 2.36 bits per heavy atom. The van der Waals surface area contributed by atoms with Gasteiger partial charge in [0.15, 0.2) is 0 Å². The lowest BCUT2D eigenvalue weighted by atomic mass is 10.2. The summed E-state index contributed by atoms with van der Waals surface area (Å²) in [5.74, 6) is -0.317. The first-order valence-electron chi connectivity index (χ1n) is 8.37. The number of ether oxygens (including phenoxy) is 2. The number of hydrogen-bond donors (Lipinski definition) is 0. The van der Waals surface area contributed by atoms with Gasteiger partial charge in [-0.1, -0.05) is 15.9 Å². The van der Waals surface area contributed by atoms with Crippen LogP contribution in [0.4, 0.5) is 10.5 Å². The van der Waals surface area contributed by atoms with Crippen LogP contribution in [0.3, 0.4) is 0 Å². The molecule has 1 unspecified atom stereocenters. The smallest absolute Gasteiger partial charge is 0.411 e. The van der Waals surface area contributed by atoms with Crippen LogP contribution in [0.15, 0.2) is 24.3 Å². The molecule has 1 fully saturated rings. The molecule has 6 nitrogen and oxygen atoms in total. The highest BCUT2D eigenvalue weighted by atomic mass is 79.9. The highest BCUT2D eigenvalue weighted by Crippen LogP contribution is 2.24. The number of anilines is 1. The van der Waals surface area contributed by atoms with Crippen LogP contribution in [0.1, 0.15) is 38.1 Å². The Morgan fingerprint density at radius 2 is 1.84 bits per heavy atom. The number of carbonyl (C=O) groups is 2. The summed E-state index contributed by atoms with van der Waals surface area (Å²) in [6.07, 6.45) is -0.313. The predicted molar refractivity (Wildman–Crippen MR) is 100 cm³/mol. The number of rotatable bonds is 3. The van der Waals surface area contributed by atoms with Gasteiger partial charge >= 0.3 is 12.1 Å². The van der Waals surface area contributed by atoms with Crippen LogP contribution in [0.2, 0.25) is 0 Å². The fourth-order valence-electron chi connectivity index (χ4n) is 2.52. The van der Waals surface area contributed by atoms with Crippen molar-refractivity contribution < 1.29 is 19.1 Å². The maximum absolute atomic E-state index is 12.3. The van der Waals surface area contributed by atoms with Crippen LogP contribution in [-0.4, -0.2) is 53.8 Å². The van der Waals surface area contributed by atoms with E-state index in [1.165, 1.54) is 0 Å². The van der Waals surface area contributed by atoms with E-state index < -0.39 is 5.60 Å². The Labute approximate surface area is 157 Å². The largest absolute Gasteiger partial charge is 0.462 e. The zero-order valence-electron chi connectivity index (χ0n) is 15.1. The maximum atomic E-state index is 12.3. The third kappa shape index (κ3) is 5.36. The lowest BCUT2D eigenvalue weighted by Crippen LogP contribution is -2.53. The van der Waals surface area contributed by atoms with E-state index in [1.54, 1.807) is 24.0 Å². The van der Waals surface area contributed by atoms with E-state index >= 15 is 0 Å². The summed E-state index contributed by atoms with van der Waals surface area (Å²) >= 11 is 3.57. The molecule has 1 amide bonds. The Kier molecular flexibility index (Phi) is 6.32. The van der Waals surface area contributed by atoms with Gasteiger partial charge in [-0.25, -0.2) is 9.59 Å². The van der Waals surface area contributed by atoms with Crippen molar-refractivity contribution in [3.63, 3.8) is 0 Å². The molecule has 0 aliphatic carbocycles. The van der Waals surface area contributed by atoms with Gasteiger partial charge in [-0.3, -0.25) is 4.90 Å². The minimum Gasteiger partial charge on any atom is -0.462 e. The Hall–Kier alpha value is -1.76. The molecule has 1 aromatic carbocycles. The number of benzene rings is 1. The molecule has 7 heteroatoms. The molecular weight excluding hydrogens is 388 g/mol. The molecule has 0 bridgehead atoms. The van der Waals surface area contributed by atoms with Gasteiger partial charge in [-0.2, -0.15) is 0 Å². The highest BCUT2D eigenvalue weighted by Gasteiger charge is 2.32. The van der Waals surface area contributed by atoms with Gasteiger partial charge in [0.2, 0.25) is 0 Å². The molecule has 25 heavy (non-hydrogen) atoms. The summed E-state index contributed by atoms with van der Waals surface area (Å²) < 4.78 is 10.4. The number of alkyl halides is 1. The van der Waals surface area contributed by atoms with Gasteiger partial charge in [0, 0.05) is 25.3 Å². The fraction of sp³-hybridized carbons (Fsp3) is 0.556. The molecular formula is C18H25BrN2O4. The minimum absolute atomic E-state index is 0.138. The van der Waals surface area contributed by atoms with E-state index in [2.05, 4.69) is 20.8 Å². The van der Waals surface area contributed by atoms with Gasteiger partial charge < -0.3 is 14.4 Å². The second-order valence-corrected chi connectivity index (χ2v) is 7.88.